The highest BCUT2D eigenvalue weighted by Crippen LogP contribution is 2.26. The average Bonchev–Trinajstić information content (AvgIpc) is 2.21. The molecule has 0 aliphatic carbocycles. The van der Waals surface area contributed by atoms with Crippen LogP contribution in [0.4, 0.5) is 4.39 Å². The highest BCUT2D eigenvalue weighted by Gasteiger charge is 2.17. The zero-order chi connectivity index (χ0) is 13.0. The molecule has 1 aromatic carbocycles. The first kappa shape index (κ1) is 14.5. The summed E-state index contributed by atoms with van der Waals surface area (Å²) in [5, 5.41) is 3.78. The molecular weight excluding hydrogens is 233 g/mol. The average molecular weight is 255 g/mol. The molecule has 1 unspecified atom stereocenters. The van der Waals surface area contributed by atoms with Gasteiger partial charge in [0.1, 0.15) is 5.82 Å². The van der Waals surface area contributed by atoms with Crippen molar-refractivity contribution in [1.29, 1.82) is 0 Å². The van der Waals surface area contributed by atoms with Gasteiger partial charge < -0.3 is 5.32 Å². The van der Waals surface area contributed by atoms with E-state index >= 15 is 0 Å². The molecule has 1 nitrogen and oxygen atoms in total. The normalized spacial score (nSPS) is 13.1. The van der Waals surface area contributed by atoms with E-state index in [0.717, 1.165) is 22.4 Å². The molecule has 0 amide bonds. The fourth-order valence-corrected chi connectivity index (χ4v) is 2.88. The van der Waals surface area contributed by atoms with Gasteiger partial charge in [-0.3, -0.25) is 0 Å². The molecule has 3 heteroatoms. The van der Waals surface area contributed by atoms with E-state index in [1.165, 1.54) is 0 Å². The molecule has 96 valence electrons. The fourth-order valence-electron chi connectivity index (χ4n) is 1.97. The van der Waals surface area contributed by atoms with Crippen LogP contribution in [-0.4, -0.2) is 18.1 Å². The second-order valence-corrected chi connectivity index (χ2v) is 6.31. The van der Waals surface area contributed by atoms with Crippen LogP contribution in [0, 0.1) is 19.7 Å². The van der Waals surface area contributed by atoms with Crippen LogP contribution in [0.25, 0.3) is 0 Å². The zero-order valence-corrected chi connectivity index (χ0v) is 12.1. The minimum Gasteiger partial charge on any atom is -0.312 e. The van der Waals surface area contributed by atoms with Crippen molar-refractivity contribution < 1.29 is 4.39 Å². The van der Waals surface area contributed by atoms with Crippen molar-refractivity contribution in [1.82, 2.24) is 5.32 Å². The number of benzene rings is 1. The summed E-state index contributed by atoms with van der Waals surface area (Å²) < 4.78 is 14.0. The van der Waals surface area contributed by atoms with E-state index in [0.29, 0.717) is 5.25 Å². The van der Waals surface area contributed by atoms with Crippen LogP contribution in [0.1, 0.15) is 36.6 Å². The van der Waals surface area contributed by atoms with Gasteiger partial charge in [0, 0.05) is 17.4 Å². The molecular formula is C14H22FNS. The Hall–Kier alpha value is -0.540. The minimum atomic E-state index is -0.0915. The Balaban J connectivity index is 2.95. The second-order valence-electron chi connectivity index (χ2n) is 4.70. The molecule has 0 heterocycles. The molecule has 1 N–H and O–H groups in total. The topological polar surface area (TPSA) is 12.0 Å². The van der Waals surface area contributed by atoms with E-state index in [4.69, 9.17) is 0 Å². The molecule has 17 heavy (non-hydrogen) atoms. The van der Waals surface area contributed by atoms with Gasteiger partial charge in [0.25, 0.3) is 0 Å². The van der Waals surface area contributed by atoms with Crippen molar-refractivity contribution in [3.8, 4) is 0 Å². The van der Waals surface area contributed by atoms with Crippen molar-refractivity contribution in [3.63, 3.8) is 0 Å². The van der Waals surface area contributed by atoms with E-state index in [1.807, 2.05) is 38.7 Å². The van der Waals surface area contributed by atoms with Crippen LogP contribution in [-0.2, 0) is 0 Å². The van der Waals surface area contributed by atoms with Gasteiger partial charge in [-0.25, -0.2) is 4.39 Å². The third-order valence-corrected chi connectivity index (χ3v) is 3.97. The highest BCUT2D eigenvalue weighted by molar-refractivity contribution is 7.99. The zero-order valence-electron chi connectivity index (χ0n) is 11.3. The molecule has 1 aromatic rings. The maximum absolute atomic E-state index is 14.0. The molecule has 0 aliphatic rings. The summed E-state index contributed by atoms with van der Waals surface area (Å²) in [6, 6.07) is 3.75. The maximum atomic E-state index is 14.0. The number of aryl methyl sites for hydroxylation is 2. The van der Waals surface area contributed by atoms with Crippen molar-refractivity contribution >= 4 is 11.8 Å². The quantitative estimate of drug-likeness (QED) is 0.858. The lowest BCUT2D eigenvalue weighted by molar-refractivity contribution is 0.561. The molecule has 0 saturated carbocycles. The van der Waals surface area contributed by atoms with Crippen LogP contribution in [0.2, 0.25) is 0 Å². The van der Waals surface area contributed by atoms with Crippen LogP contribution >= 0.6 is 11.8 Å². The summed E-state index contributed by atoms with van der Waals surface area (Å²) in [6.07, 6.45) is 0. The minimum absolute atomic E-state index is 0.0861. The van der Waals surface area contributed by atoms with E-state index in [9.17, 15) is 4.39 Å². The standard InChI is InChI=1S/C14H22FNS/c1-9(2)17-8-13(16-5)14-11(4)6-10(3)7-12(14)15/h6-7,9,13,16H,8H2,1-5H3. The summed E-state index contributed by atoms with van der Waals surface area (Å²) in [5.74, 6) is 0.806. The Morgan fingerprint density at radius 1 is 1.29 bits per heavy atom. The van der Waals surface area contributed by atoms with Gasteiger partial charge in [0.15, 0.2) is 0 Å². The monoisotopic (exact) mass is 255 g/mol. The summed E-state index contributed by atoms with van der Waals surface area (Å²) >= 11 is 1.85. The van der Waals surface area contributed by atoms with E-state index in [-0.39, 0.29) is 11.9 Å². The third kappa shape index (κ3) is 4.00. The van der Waals surface area contributed by atoms with Gasteiger partial charge in [-0.1, -0.05) is 19.9 Å². The number of hydrogen-bond acceptors (Lipinski definition) is 2. The van der Waals surface area contributed by atoms with Gasteiger partial charge in [-0.2, -0.15) is 11.8 Å². The van der Waals surface area contributed by atoms with Crippen LogP contribution in [0.15, 0.2) is 12.1 Å². The molecule has 1 atom stereocenters. The summed E-state index contributed by atoms with van der Waals surface area (Å²) in [4.78, 5) is 0. The number of hydrogen-bond donors (Lipinski definition) is 1. The number of thioether (sulfide) groups is 1. The van der Waals surface area contributed by atoms with E-state index in [1.54, 1.807) is 6.07 Å². The molecule has 0 spiro atoms. The lowest BCUT2D eigenvalue weighted by Crippen LogP contribution is -2.22. The maximum Gasteiger partial charge on any atom is 0.128 e. The van der Waals surface area contributed by atoms with Crippen LogP contribution in [0.5, 0.6) is 0 Å². The molecule has 0 radical (unpaired) electrons. The van der Waals surface area contributed by atoms with Gasteiger partial charge in [-0.05, 0) is 43.3 Å². The molecule has 0 aliphatic heterocycles. The summed E-state index contributed by atoms with van der Waals surface area (Å²) in [7, 11) is 1.89. The van der Waals surface area contributed by atoms with Crippen LogP contribution < -0.4 is 5.32 Å². The van der Waals surface area contributed by atoms with Gasteiger partial charge in [0.2, 0.25) is 0 Å². The molecule has 0 aromatic heterocycles. The fraction of sp³-hybridized carbons (Fsp3) is 0.571. The second kappa shape index (κ2) is 6.41. The van der Waals surface area contributed by atoms with Crippen molar-refractivity contribution in [3.05, 3.63) is 34.6 Å². The predicted octanol–water partition coefficient (Wildman–Crippen LogP) is 3.84. The van der Waals surface area contributed by atoms with Gasteiger partial charge in [-0.15, -0.1) is 0 Å². The van der Waals surface area contributed by atoms with E-state index in [2.05, 4.69) is 19.2 Å². The molecule has 0 bridgehead atoms. The first-order chi connectivity index (χ1) is 7.95. The van der Waals surface area contributed by atoms with Crippen LogP contribution in [0.3, 0.4) is 0 Å². The van der Waals surface area contributed by atoms with E-state index < -0.39 is 0 Å². The Morgan fingerprint density at radius 3 is 2.41 bits per heavy atom. The first-order valence-corrected chi connectivity index (χ1v) is 7.06. The Morgan fingerprint density at radius 2 is 1.94 bits per heavy atom. The Bertz CT molecular complexity index is 353. The lowest BCUT2D eigenvalue weighted by atomic mass is 9.99. The lowest BCUT2D eigenvalue weighted by Gasteiger charge is -2.20. The molecule has 0 saturated heterocycles. The van der Waals surface area contributed by atoms with Crippen molar-refractivity contribution in [2.24, 2.45) is 0 Å². The molecule has 1 rings (SSSR count). The first-order valence-electron chi connectivity index (χ1n) is 6.01. The predicted molar refractivity (Wildman–Crippen MR) is 75.3 cm³/mol. The highest BCUT2D eigenvalue weighted by atomic mass is 32.2. The SMILES string of the molecule is CNC(CSC(C)C)c1c(C)cc(C)cc1F. The smallest absolute Gasteiger partial charge is 0.128 e. The summed E-state index contributed by atoms with van der Waals surface area (Å²) in [5.41, 5.74) is 2.83. The Kier molecular flexibility index (Phi) is 5.47. The summed E-state index contributed by atoms with van der Waals surface area (Å²) in [6.45, 7) is 8.23. The van der Waals surface area contributed by atoms with Crippen molar-refractivity contribution in [2.45, 2.75) is 39.0 Å². The molecule has 0 fully saturated rings. The number of halogens is 1. The largest absolute Gasteiger partial charge is 0.312 e. The van der Waals surface area contributed by atoms with Gasteiger partial charge >= 0.3 is 0 Å². The third-order valence-electron chi connectivity index (χ3n) is 2.77. The Labute approximate surface area is 108 Å². The van der Waals surface area contributed by atoms with Crippen molar-refractivity contribution in [2.75, 3.05) is 12.8 Å². The number of rotatable bonds is 5. The van der Waals surface area contributed by atoms with Gasteiger partial charge in [0.05, 0.1) is 0 Å². The number of nitrogens with one attached hydrogen (secondary N) is 1.